The number of carbonyl (C=O) groups is 1. The highest BCUT2D eigenvalue weighted by Gasteiger charge is 2.41. The Bertz CT molecular complexity index is 915. The summed E-state index contributed by atoms with van der Waals surface area (Å²) < 4.78 is 62.1. The van der Waals surface area contributed by atoms with Crippen molar-refractivity contribution in [3.63, 3.8) is 0 Å². The maximum atomic E-state index is 13.1. The zero-order chi connectivity index (χ0) is 24.9. The minimum absolute atomic E-state index is 0.00563. The molecular weight excluding hydrogens is 464 g/mol. The molecule has 0 radical (unpaired) electrons. The molecule has 0 aliphatic rings. The van der Waals surface area contributed by atoms with Crippen LogP contribution in [0.25, 0.3) is 0 Å². The van der Waals surface area contributed by atoms with E-state index >= 15 is 0 Å². The Morgan fingerprint density at radius 2 is 1.52 bits per heavy atom. The summed E-state index contributed by atoms with van der Waals surface area (Å²) in [7, 11) is -8.13. The van der Waals surface area contributed by atoms with Crippen molar-refractivity contribution in [3.05, 3.63) is 29.8 Å². The van der Waals surface area contributed by atoms with E-state index in [1.54, 1.807) is 26.0 Å². The molecule has 1 aromatic carbocycles. The van der Waals surface area contributed by atoms with Gasteiger partial charge in [0.2, 0.25) is 20.0 Å². The molecule has 0 aliphatic heterocycles. The number of hydrogen-bond acceptors (Lipinski definition) is 6. The third-order valence-electron chi connectivity index (χ3n) is 5.33. The summed E-state index contributed by atoms with van der Waals surface area (Å²) in [5.41, 5.74) is 0.876. The quantitative estimate of drug-likeness (QED) is 0.247. The van der Waals surface area contributed by atoms with Crippen molar-refractivity contribution < 1.29 is 26.4 Å². The van der Waals surface area contributed by atoms with E-state index in [0.717, 1.165) is 37.7 Å². The summed E-state index contributed by atoms with van der Waals surface area (Å²) >= 11 is 0. The van der Waals surface area contributed by atoms with Crippen molar-refractivity contribution in [1.82, 2.24) is 9.44 Å². The van der Waals surface area contributed by atoms with E-state index in [9.17, 15) is 21.6 Å². The molecule has 0 fully saturated rings. The lowest BCUT2D eigenvalue weighted by Gasteiger charge is -2.26. The van der Waals surface area contributed by atoms with E-state index in [1.807, 2.05) is 6.92 Å². The van der Waals surface area contributed by atoms with Gasteiger partial charge in [-0.15, -0.1) is 0 Å². The molecule has 33 heavy (non-hydrogen) atoms. The van der Waals surface area contributed by atoms with Crippen LogP contribution in [0.3, 0.4) is 0 Å². The average molecular weight is 505 g/mol. The van der Waals surface area contributed by atoms with Crippen LogP contribution < -0.4 is 9.44 Å². The smallest absolute Gasteiger partial charge is 0.325 e. The van der Waals surface area contributed by atoms with Gasteiger partial charge in [-0.2, -0.15) is 4.72 Å². The number of benzene rings is 1. The Hall–Kier alpha value is -1.49. The zero-order valence-electron chi connectivity index (χ0n) is 20.3. The number of hydrogen-bond donors (Lipinski definition) is 2. The van der Waals surface area contributed by atoms with E-state index in [-0.39, 0.29) is 24.5 Å². The second kappa shape index (κ2) is 14.7. The zero-order valence-corrected chi connectivity index (χ0v) is 21.9. The number of rotatable bonds is 17. The third kappa shape index (κ3) is 10.1. The number of unbranched alkanes of at least 4 members (excludes halogenated alkanes) is 5. The van der Waals surface area contributed by atoms with Gasteiger partial charge in [0.15, 0.2) is 0 Å². The third-order valence-corrected chi connectivity index (χ3v) is 8.70. The van der Waals surface area contributed by atoms with Crippen molar-refractivity contribution in [2.75, 3.05) is 13.2 Å². The molecule has 2 atom stereocenters. The lowest BCUT2D eigenvalue weighted by molar-refractivity contribution is -0.145. The highest BCUT2D eigenvalue weighted by molar-refractivity contribution is 7.90. The Labute approximate surface area is 200 Å². The van der Waals surface area contributed by atoms with Crippen molar-refractivity contribution in [2.45, 2.75) is 95.2 Å². The van der Waals surface area contributed by atoms with Gasteiger partial charge in [-0.05, 0) is 38.8 Å². The highest BCUT2D eigenvalue weighted by Crippen LogP contribution is 2.18. The Kier molecular flexibility index (Phi) is 13.2. The largest absolute Gasteiger partial charge is 0.465 e. The first-order valence-corrected chi connectivity index (χ1v) is 14.9. The summed E-state index contributed by atoms with van der Waals surface area (Å²) in [6, 6.07) is 4.55. The fourth-order valence-corrected chi connectivity index (χ4v) is 6.51. The van der Waals surface area contributed by atoms with E-state index in [2.05, 4.69) is 16.4 Å². The molecule has 0 spiro atoms. The highest BCUT2D eigenvalue weighted by atomic mass is 32.2. The predicted octanol–water partition coefficient (Wildman–Crippen LogP) is 3.65. The Balaban J connectivity index is 3.05. The molecule has 2 N–H and O–H groups in total. The van der Waals surface area contributed by atoms with E-state index < -0.39 is 37.3 Å². The molecule has 1 aromatic rings. The van der Waals surface area contributed by atoms with Crippen LogP contribution in [0.5, 0.6) is 0 Å². The minimum Gasteiger partial charge on any atom is -0.465 e. The number of ether oxygens (including phenoxy) is 1. The first kappa shape index (κ1) is 29.5. The lowest BCUT2D eigenvalue weighted by atomic mass is 10.1. The summed E-state index contributed by atoms with van der Waals surface area (Å²) in [5.74, 6) is -0.906. The molecule has 0 amide bonds. The summed E-state index contributed by atoms with van der Waals surface area (Å²) in [6.45, 7) is 7.58. The average Bonchev–Trinajstić information content (AvgIpc) is 2.76. The van der Waals surface area contributed by atoms with Gasteiger partial charge in [0.25, 0.3) is 0 Å². The molecule has 0 aromatic heterocycles. The van der Waals surface area contributed by atoms with Crippen molar-refractivity contribution >= 4 is 26.0 Å². The molecule has 1 rings (SSSR count). The molecular formula is C23H40N2O6S2. The maximum absolute atomic E-state index is 13.1. The topological polar surface area (TPSA) is 119 Å². The van der Waals surface area contributed by atoms with Gasteiger partial charge in [0.05, 0.1) is 11.5 Å². The molecule has 8 nitrogen and oxygen atoms in total. The van der Waals surface area contributed by atoms with Gasteiger partial charge in [0.1, 0.15) is 11.3 Å². The van der Waals surface area contributed by atoms with Crippen LogP contribution in [-0.2, 0) is 29.6 Å². The van der Waals surface area contributed by atoms with Crippen LogP contribution in [0.4, 0.5) is 0 Å². The lowest BCUT2D eigenvalue weighted by Crippen LogP contribution is -2.54. The molecule has 0 saturated heterocycles. The van der Waals surface area contributed by atoms with Crippen LogP contribution in [0.1, 0.15) is 77.7 Å². The Morgan fingerprint density at radius 1 is 0.909 bits per heavy atom. The van der Waals surface area contributed by atoms with Gasteiger partial charge in [-0.1, -0.05) is 70.1 Å². The van der Waals surface area contributed by atoms with E-state index in [0.29, 0.717) is 12.8 Å². The second-order valence-electron chi connectivity index (χ2n) is 8.20. The summed E-state index contributed by atoms with van der Waals surface area (Å²) in [6.07, 6.45) is 6.59. The number of sulfonamides is 2. The summed E-state index contributed by atoms with van der Waals surface area (Å²) in [4.78, 5) is 12.7. The maximum Gasteiger partial charge on any atom is 0.325 e. The minimum atomic E-state index is -4.14. The first-order chi connectivity index (χ1) is 15.6. The SMILES string of the molecule is CCCCCCCCNS(=O)(=O)[C@@H](CCC)[C@@H](NS(=O)(=O)c1ccc(C)cc1)C(=O)OCC. The monoisotopic (exact) mass is 504 g/mol. The second-order valence-corrected chi connectivity index (χ2v) is 11.9. The molecule has 10 heteroatoms. The van der Waals surface area contributed by atoms with Crippen molar-refractivity contribution in [1.29, 1.82) is 0 Å². The molecule has 0 bridgehead atoms. The number of carbonyl (C=O) groups excluding carboxylic acids is 1. The molecule has 0 heterocycles. The summed E-state index contributed by atoms with van der Waals surface area (Å²) in [5, 5.41) is -1.29. The van der Waals surface area contributed by atoms with Gasteiger partial charge in [0, 0.05) is 6.54 Å². The Morgan fingerprint density at radius 3 is 2.09 bits per heavy atom. The molecule has 190 valence electrons. The number of aryl methyl sites for hydroxylation is 1. The van der Waals surface area contributed by atoms with Crippen LogP contribution >= 0.6 is 0 Å². The number of esters is 1. The normalized spacial score (nSPS) is 14.1. The van der Waals surface area contributed by atoms with Gasteiger partial charge >= 0.3 is 5.97 Å². The van der Waals surface area contributed by atoms with Crippen LogP contribution in [0, 0.1) is 6.92 Å². The molecule has 0 aliphatic carbocycles. The van der Waals surface area contributed by atoms with Crippen molar-refractivity contribution in [3.8, 4) is 0 Å². The molecule has 0 saturated carbocycles. The fourth-order valence-electron chi connectivity index (χ4n) is 3.47. The standard InChI is InChI=1S/C23H40N2O6S2/c1-5-8-9-10-11-12-18-24-33(29,30)21(13-6-2)22(23(26)31-7-3)25-32(27,28)20-16-14-19(4)15-17-20/h14-17,21-22,24-25H,5-13,18H2,1-4H3/t21-,22+/m0/s1. The fraction of sp³-hybridized carbons (Fsp3) is 0.696. The first-order valence-electron chi connectivity index (χ1n) is 11.8. The van der Waals surface area contributed by atoms with Gasteiger partial charge in [-0.3, -0.25) is 4.79 Å². The van der Waals surface area contributed by atoms with Crippen LogP contribution in [0.2, 0.25) is 0 Å². The van der Waals surface area contributed by atoms with Gasteiger partial charge in [-0.25, -0.2) is 21.6 Å². The molecule has 0 unspecified atom stereocenters. The van der Waals surface area contributed by atoms with Crippen LogP contribution in [-0.4, -0.2) is 47.2 Å². The van der Waals surface area contributed by atoms with E-state index in [1.165, 1.54) is 12.1 Å². The van der Waals surface area contributed by atoms with Crippen molar-refractivity contribution in [2.24, 2.45) is 0 Å². The predicted molar refractivity (Wildman–Crippen MR) is 131 cm³/mol. The number of nitrogens with one attached hydrogen (secondary N) is 2. The van der Waals surface area contributed by atoms with Gasteiger partial charge < -0.3 is 4.74 Å². The van der Waals surface area contributed by atoms with E-state index in [4.69, 9.17) is 4.74 Å². The van der Waals surface area contributed by atoms with Crippen LogP contribution in [0.15, 0.2) is 29.2 Å².